The van der Waals surface area contributed by atoms with E-state index >= 15 is 0 Å². The highest BCUT2D eigenvalue weighted by atomic mass is 15.1. The molecule has 9 rings (SSSR count). The second-order valence-corrected chi connectivity index (χ2v) is 15.3. The zero-order valence-corrected chi connectivity index (χ0v) is 30.6. The van der Waals surface area contributed by atoms with Crippen LogP contribution in [-0.2, 0) is 5.41 Å². The largest absolute Gasteiger partial charge is 0.314 e. The molecule has 0 radical (unpaired) electrons. The number of allylic oxidation sites excluding steroid dienone is 12. The summed E-state index contributed by atoms with van der Waals surface area (Å²) in [6, 6.07) is 48.9. The van der Waals surface area contributed by atoms with E-state index in [0.717, 1.165) is 19.3 Å². The maximum absolute atomic E-state index is 2.56. The Labute approximate surface area is 315 Å². The van der Waals surface area contributed by atoms with Gasteiger partial charge >= 0.3 is 0 Å². The van der Waals surface area contributed by atoms with E-state index in [4.69, 9.17) is 0 Å². The van der Waals surface area contributed by atoms with Gasteiger partial charge in [-0.3, -0.25) is 0 Å². The highest BCUT2D eigenvalue weighted by Gasteiger charge is 2.39. The molecule has 0 saturated heterocycles. The van der Waals surface area contributed by atoms with Crippen LogP contribution in [0.2, 0.25) is 0 Å². The lowest BCUT2D eigenvalue weighted by Gasteiger charge is -2.32. The molecule has 0 aliphatic heterocycles. The van der Waals surface area contributed by atoms with Crippen LogP contribution in [0.5, 0.6) is 0 Å². The van der Waals surface area contributed by atoms with Crippen LogP contribution in [0, 0.1) is 5.92 Å². The second-order valence-electron chi connectivity index (χ2n) is 15.3. The van der Waals surface area contributed by atoms with Gasteiger partial charge in [-0.15, -0.1) is 0 Å². The molecule has 0 amide bonds. The second kappa shape index (κ2) is 13.9. The molecule has 2 heteroatoms. The zero-order valence-electron chi connectivity index (χ0n) is 30.6. The maximum Gasteiger partial charge on any atom is 0.237 e. The van der Waals surface area contributed by atoms with Crippen molar-refractivity contribution in [2.75, 3.05) is 4.90 Å². The lowest BCUT2D eigenvalue weighted by molar-refractivity contribution is 0.650. The SMILES string of the molecule is CC1(C)C2=C(CCC(B(c3ccccc3)c3ccccc3)=C2)c2ccc(C=Cc3ccc(N(C4=CC=C5C=CC=CC5C4)c4ccccc4)cc3)cc21. The standard InChI is InChI=1S/C51H44BN/c1-51(2)49-34-38(26-32-47(49)48-33-28-43(36-50(48)51)52(41-16-6-3-7-17-41)42-18-8-4-9-19-42)23-22-37-24-29-45(30-25-37)53(44-20-10-5-11-21-44)46-31-27-39-14-12-13-15-40(39)35-46/h3-27,29-32,34,36,40H,28,33,35H2,1-2H3. The third-order valence-corrected chi connectivity index (χ3v) is 11.7. The van der Waals surface area contributed by atoms with Crippen LogP contribution in [0.1, 0.15) is 55.4 Å². The fraction of sp³-hybridized carbons (Fsp3) is 0.137. The first-order valence-electron chi connectivity index (χ1n) is 19.1. The molecule has 1 nitrogen and oxygen atoms in total. The number of benzene rings is 5. The highest BCUT2D eigenvalue weighted by Crippen LogP contribution is 2.51. The summed E-state index contributed by atoms with van der Waals surface area (Å²) in [4.78, 5) is 2.41. The number of fused-ring (bicyclic) bond motifs is 3. The molecule has 0 spiro atoms. The van der Waals surface area contributed by atoms with Gasteiger partial charge in [-0.2, -0.15) is 0 Å². The fourth-order valence-electron chi connectivity index (χ4n) is 8.92. The molecule has 1 atom stereocenters. The smallest absolute Gasteiger partial charge is 0.237 e. The van der Waals surface area contributed by atoms with Crippen LogP contribution in [0.4, 0.5) is 11.4 Å². The summed E-state index contributed by atoms with van der Waals surface area (Å²) < 4.78 is 0. The predicted octanol–water partition coefficient (Wildman–Crippen LogP) is 11.6. The van der Waals surface area contributed by atoms with Crippen LogP contribution in [0.25, 0.3) is 17.7 Å². The Bertz CT molecular complexity index is 2330. The predicted molar refractivity (Wildman–Crippen MR) is 228 cm³/mol. The fourth-order valence-corrected chi connectivity index (χ4v) is 8.92. The summed E-state index contributed by atoms with van der Waals surface area (Å²) in [5, 5.41) is 0. The van der Waals surface area contributed by atoms with Crippen molar-refractivity contribution in [3.63, 3.8) is 0 Å². The van der Waals surface area contributed by atoms with Gasteiger partial charge in [0.25, 0.3) is 0 Å². The number of anilines is 2. The first-order chi connectivity index (χ1) is 26.0. The summed E-state index contributed by atoms with van der Waals surface area (Å²) in [6.07, 6.45) is 23.7. The molecule has 0 bridgehead atoms. The topological polar surface area (TPSA) is 3.24 Å². The van der Waals surface area contributed by atoms with E-state index in [0.29, 0.717) is 5.92 Å². The number of rotatable bonds is 8. The Hall–Kier alpha value is -5.86. The first kappa shape index (κ1) is 33.0. The van der Waals surface area contributed by atoms with Crippen LogP contribution in [0.15, 0.2) is 198 Å². The molecule has 0 saturated carbocycles. The molecule has 256 valence electrons. The van der Waals surface area contributed by atoms with Gasteiger partial charge in [0.05, 0.1) is 0 Å². The molecule has 0 N–H and O–H groups in total. The molecule has 53 heavy (non-hydrogen) atoms. The first-order valence-corrected chi connectivity index (χ1v) is 19.1. The van der Waals surface area contributed by atoms with Gasteiger partial charge in [-0.05, 0) is 88.6 Å². The van der Waals surface area contributed by atoms with Gasteiger partial charge in [0.2, 0.25) is 6.71 Å². The van der Waals surface area contributed by atoms with Crippen molar-refractivity contribution < 1.29 is 0 Å². The van der Waals surface area contributed by atoms with E-state index < -0.39 is 0 Å². The van der Waals surface area contributed by atoms with E-state index in [9.17, 15) is 0 Å². The van der Waals surface area contributed by atoms with E-state index in [1.165, 1.54) is 72.4 Å². The van der Waals surface area contributed by atoms with E-state index in [-0.39, 0.29) is 12.1 Å². The number of para-hydroxylation sites is 1. The number of nitrogens with zero attached hydrogens (tertiary/aromatic N) is 1. The van der Waals surface area contributed by atoms with Gasteiger partial charge in [0, 0.05) is 28.4 Å². The number of hydrogen-bond donors (Lipinski definition) is 0. The Morgan fingerprint density at radius 3 is 2.02 bits per heavy atom. The molecule has 0 fully saturated rings. The number of hydrogen-bond acceptors (Lipinski definition) is 1. The van der Waals surface area contributed by atoms with Crippen molar-refractivity contribution in [1.82, 2.24) is 0 Å². The molecule has 5 aromatic rings. The average molecular weight is 682 g/mol. The Morgan fingerprint density at radius 2 is 1.30 bits per heavy atom. The lowest BCUT2D eigenvalue weighted by Crippen LogP contribution is -2.44. The normalized spacial score (nSPS) is 18.2. The quantitative estimate of drug-likeness (QED) is 0.116. The van der Waals surface area contributed by atoms with Gasteiger partial charge < -0.3 is 4.90 Å². The van der Waals surface area contributed by atoms with Crippen molar-refractivity contribution >= 4 is 46.7 Å². The van der Waals surface area contributed by atoms with Crippen molar-refractivity contribution in [2.24, 2.45) is 5.92 Å². The molecule has 1 unspecified atom stereocenters. The summed E-state index contributed by atoms with van der Waals surface area (Å²) in [5.41, 5.74) is 17.6. The van der Waals surface area contributed by atoms with E-state index in [1.54, 1.807) is 0 Å². The average Bonchev–Trinajstić information content (AvgIpc) is 3.44. The molecule has 0 heterocycles. The zero-order chi connectivity index (χ0) is 35.8. The third-order valence-electron chi connectivity index (χ3n) is 11.7. The molecule has 4 aliphatic carbocycles. The summed E-state index contributed by atoms with van der Waals surface area (Å²) in [6.45, 7) is 5.10. The molecule has 4 aliphatic rings. The molecule has 0 aromatic heterocycles. The Balaban J connectivity index is 0.972. The third kappa shape index (κ3) is 6.33. The van der Waals surface area contributed by atoms with Gasteiger partial charge in [0.15, 0.2) is 0 Å². The summed E-state index contributed by atoms with van der Waals surface area (Å²) in [7, 11) is 0. The minimum absolute atomic E-state index is 0.0614. The van der Waals surface area contributed by atoms with Crippen LogP contribution in [-0.4, -0.2) is 6.71 Å². The maximum atomic E-state index is 2.56. The summed E-state index contributed by atoms with van der Waals surface area (Å²) in [5.74, 6) is 0.421. The van der Waals surface area contributed by atoms with Crippen molar-refractivity contribution in [2.45, 2.75) is 38.5 Å². The Morgan fingerprint density at radius 1 is 0.660 bits per heavy atom. The van der Waals surface area contributed by atoms with Gasteiger partial charge in [-0.25, -0.2) is 0 Å². The minimum Gasteiger partial charge on any atom is -0.314 e. The van der Waals surface area contributed by atoms with Crippen LogP contribution in [0.3, 0.4) is 0 Å². The van der Waals surface area contributed by atoms with Crippen LogP contribution < -0.4 is 15.8 Å². The van der Waals surface area contributed by atoms with Crippen molar-refractivity contribution in [3.05, 3.63) is 221 Å². The monoisotopic (exact) mass is 681 g/mol. The minimum atomic E-state index is -0.0614. The molecule has 5 aromatic carbocycles. The van der Waals surface area contributed by atoms with Crippen molar-refractivity contribution in [1.29, 1.82) is 0 Å². The Kier molecular flexibility index (Phi) is 8.68. The van der Waals surface area contributed by atoms with E-state index in [2.05, 4.69) is 207 Å². The van der Waals surface area contributed by atoms with Gasteiger partial charge in [-0.1, -0.05) is 188 Å². The van der Waals surface area contributed by atoms with E-state index in [1.807, 2.05) is 0 Å². The van der Waals surface area contributed by atoms with Crippen molar-refractivity contribution in [3.8, 4) is 0 Å². The van der Waals surface area contributed by atoms with Crippen LogP contribution >= 0.6 is 0 Å². The molecular formula is C51H44BN. The lowest BCUT2D eigenvalue weighted by atomic mass is 9.35. The van der Waals surface area contributed by atoms with Gasteiger partial charge in [0.1, 0.15) is 0 Å². The molecular weight excluding hydrogens is 637 g/mol. The highest BCUT2D eigenvalue weighted by molar-refractivity contribution is 6.91. The summed E-state index contributed by atoms with van der Waals surface area (Å²) >= 11 is 0.